The first-order chi connectivity index (χ1) is 6.40. The van der Waals surface area contributed by atoms with E-state index < -0.39 is 5.60 Å². The second-order valence-electron chi connectivity index (χ2n) is 5.06. The molecule has 1 saturated carbocycles. The molecule has 14 heavy (non-hydrogen) atoms. The number of rotatable bonds is 4. The van der Waals surface area contributed by atoms with Crippen LogP contribution in [0.25, 0.3) is 0 Å². The molecule has 3 nitrogen and oxygen atoms in total. The van der Waals surface area contributed by atoms with Gasteiger partial charge in [0.2, 0.25) is 0 Å². The fourth-order valence-electron chi connectivity index (χ4n) is 1.56. The van der Waals surface area contributed by atoms with Crippen molar-refractivity contribution in [3.8, 4) is 0 Å². The van der Waals surface area contributed by atoms with Gasteiger partial charge in [-0.2, -0.15) is 0 Å². The van der Waals surface area contributed by atoms with Crippen LogP contribution in [0.15, 0.2) is 0 Å². The number of hydrogen-bond donors (Lipinski definition) is 1. The summed E-state index contributed by atoms with van der Waals surface area (Å²) in [7, 11) is 1.56. The smallest absolute Gasteiger partial charge is 0.251 e. The molecule has 1 N–H and O–H groups in total. The van der Waals surface area contributed by atoms with Gasteiger partial charge in [-0.1, -0.05) is 13.3 Å². The lowest BCUT2D eigenvalue weighted by molar-refractivity contribution is -0.140. The van der Waals surface area contributed by atoms with E-state index in [0.29, 0.717) is 5.41 Å². The number of hydrogen-bond acceptors (Lipinski definition) is 2. The summed E-state index contributed by atoms with van der Waals surface area (Å²) in [6.45, 7) is 6.56. The van der Waals surface area contributed by atoms with Crippen LogP contribution in [-0.2, 0) is 9.53 Å². The van der Waals surface area contributed by atoms with E-state index in [1.165, 1.54) is 19.3 Å². The average molecular weight is 199 g/mol. The Hall–Kier alpha value is -0.570. The topological polar surface area (TPSA) is 38.3 Å². The predicted molar refractivity (Wildman–Crippen MR) is 56.1 cm³/mol. The molecule has 3 heteroatoms. The molecule has 1 rings (SSSR count). The maximum Gasteiger partial charge on any atom is 0.251 e. The quantitative estimate of drug-likeness (QED) is 0.748. The summed E-state index contributed by atoms with van der Waals surface area (Å²) in [5.41, 5.74) is -0.375. The summed E-state index contributed by atoms with van der Waals surface area (Å²) in [5.74, 6) is -0.0203. The van der Waals surface area contributed by atoms with E-state index >= 15 is 0 Å². The van der Waals surface area contributed by atoms with Crippen molar-refractivity contribution < 1.29 is 9.53 Å². The van der Waals surface area contributed by atoms with Crippen LogP contribution in [0.3, 0.4) is 0 Å². The fraction of sp³-hybridized carbons (Fsp3) is 0.909. The molecule has 0 bridgehead atoms. The summed E-state index contributed by atoms with van der Waals surface area (Å²) in [6.07, 6.45) is 3.74. The van der Waals surface area contributed by atoms with Crippen LogP contribution in [0.5, 0.6) is 0 Å². The molecule has 0 aliphatic heterocycles. The minimum atomic E-state index is -0.708. The van der Waals surface area contributed by atoms with Crippen LogP contribution < -0.4 is 5.32 Å². The van der Waals surface area contributed by atoms with Gasteiger partial charge in [-0.05, 0) is 32.1 Å². The van der Waals surface area contributed by atoms with E-state index in [2.05, 4.69) is 12.2 Å². The standard InChI is InChI=1S/C11H21NO2/c1-10(2,14-4)9(13)12-8-11(3)6-5-7-11/h5-8H2,1-4H3,(H,12,13). The van der Waals surface area contributed by atoms with Gasteiger partial charge in [0.1, 0.15) is 5.60 Å². The van der Waals surface area contributed by atoms with Gasteiger partial charge in [-0.3, -0.25) is 4.79 Å². The number of nitrogens with one attached hydrogen (secondary N) is 1. The van der Waals surface area contributed by atoms with E-state index in [0.717, 1.165) is 6.54 Å². The largest absolute Gasteiger partial charge is 0.369 e. The Morgan fingerprint density at radius 3 is 2.43 bits per heavy atom. The zero-order valence-corrected chi connectivity index (χ0v) is 9.64. The zero-order chi connectivity index (χ0) is 10.8. The molecular formula is C11H21NO2. The molecule has 82 valence electrons. The number of amides is 1. The van der Waals surface area contributed by atoms with Crippen molar-refractivity contribution in [2.24, 2.45) is 5.41 Å². The van der Waals surface area contributed by atoms with E-state index in [-0.39, 0.29) is 5.91 Å². The van der Waals surface area contributed by atoms with Crippen molar-refractivity contribution in [2.45, 2.75) is 45.6 Å². The van der Waals surface area contributed by atoms with Gasteiger partial charge in [0.25, 0.3) is 5.91 Å². The SMILES string of the molecule is COC(C)(C)C(=O)NCC1(C)CCC1. The zero-order valence-electron chi connectivity index (χ0n) is 9.64. The lowest BCUT2D eigenvalue weighted by Crippen LogP contribution is -2.48. The monoisotopic (exact) mass is 199 g/mol. The molecule has 0 spiro atoms. The second kappa shape index (κ2) is 3.89. The van der Waals surface area contributed by atoms with Crippen LogP contribution in [-0.4, -0.2) is 25.2 Å². The van der Waals surface area contributed by atoms with Gasteiger partial charge >= 0.3 is 0 Å². The Bertz CT molecular complexity index is 219. The predicted octanol–water partition coefficient (Wildman–Crippen LogP) is 1.72. The average Bonchev–Trinajstić information content (AvgIpc) is 2.11. The molecule has 0 unspecified atom stereocenters. The van der Waals surface area contributed by atoms with Crippen LogP contribution in [0.2, 0.25) is 0 Å². The third-order valence-corrected chi connectivity index (χ3v) is 3.29. The maximum atomic E-state index is 11.6. The first kappa shape index (κ1) is 11.5. The first-order valence-corrected chi connectivity index (χ1v) is 5.23. The van der Waals surface area contributed by atoms with Crippen LogP contribution in [0, 0.1) is 5.41 Å². The van der Waals surface area contributed by atoms with Gasteiger partial charge in [-0.15, -0.1) is 0 Å². The van der Waals surface area contributed by atoms with Crippen LogP contribution in [0.1, 0.15) is 40.0 Å². The van der Waals surface area contributed by atoms with Crippen molar-refractivity contribution in [2.75, 3.05) is 13.7 Å². The third kappa shape index (κ3) is 2.47. The van der Waals surface area contributed by atoms with Crippen molar-refractivity contribution in [1.29, 1.82) is 0 Å². The highest BCUT2D eigenvalue weighted by Gasteiger charge is 2.34. The minimum Gasteiger partial charge on any atom is -0.369 e. The highest BCUT2D eigenvalue weighted by atomic mass is 16.5. The van der Waals surface area contributed by atoms with Crippen LogP contribution >= 0.6 is 0 Å². The third-order valence-electron chi connectivity index (χ3n) is 3.29. The molecule has 1 aliphatic rings. The molecular weight excluding hydrogens is 178 g/mol. The normalized spacial score (nSPS) is 20.0. The van der Waals surface area contributed by atoms with Gasteiger partial charge in [0.05, 0.1) is 0 Å². The molecule has 0 atom stereocenters. The second-order valence-corrected chi connectivity index (χ2v) is 5.06. The Labute approximate surface area is 86.2 Å². The Kier molecular flexibility index (Phi) is 3.20. The molecule has 0 radical (unpaired) electrons. The van der Waals surface area contributed by atoms with Crippen LogP contribution in [0.4, 0.5) is 0 Å². The summed E-state index contributed by atoms with van der Waals surface area (Å²) >= 11 is 0. The summed E-state index contributed by atoms with van der Waals surface area (Å²) in [4.78, 5) is 11.6. The van der Waals surface area contributed by atoms with Gasteiger partial charge < -0.3 is 10.1 Å². The number of carbonyl (C=O) groups excluding carboxylic acids is 1. The first-order valence-electron chi connectivity index (χ1n) is 5.23. The Morgan fingerprint density at radius 1 is 1.50 bits per heavy atom. The van der Waals surface area contributed by atoms with Gasteiger partial charge in [0, 0.05) is 13.7 Å². The molecule has 1 aliphatic carbocycles. The van der Waals surface area contributed by atoms with Crippen molar-refractivity contribution in [3.05, 3.63) is 0 Å². The number of ether oxygens (including phenoxy) is 1. The summed E-state index contributed by atoms with van der Waals surface area (Å²) < 4.78 is 5.10. The molecule has 0 heterocycles. The van der Waals surface area contributed by atoms with Gasteiger partial charge in [-0.25, -0.2) is 0 Å². The number of methoxy groups -OCH3 is 1. The molecule has 0 aromatic heterocycles. The highest BCUT2D eigenvalue weighted by molar-refractivity contribution is 5.84. The Morgan fingerprint density at radius 2 is 2.07 bits per heavy atom. The molecule has 0 aromatic rings. The lowest BCUT2D eigenvalue weighted by atomic mass is 9.70. The van der Waals surface area contributed by atoms with Crippen molar-refractivity contribution in [1.82, 2.24) is 5.32 Å². The van der Waals surface area contributed by atoms with E-state index in [9.17, 15) is 4.79 Å². The fourth-order valence-corrected chi connectivity index (χ4v) is 1.56. The lowest BCUT2D eigenvalue weighted by Gasteiger charge is -2.39. The minimum absolute atomic E-state index is 0.0203. The molecule has 0 saturated heterocycles. The van der Waals surface area contributed by atoms with Gasteiger partial charge in [0.15, 0.2) is 0 Å². The molecule has 0 aromatic carbocycles. The van der Waals surface area contributed by atoms with Crippen molar-refractivity contribution in [3.63, 3.8) is 0 Å². The Balaban J connectivity index is 2.34. The van der Waals surface area contributed by atoms with E-state index in [1.807, 2.05) is 0 Å². The van der Waals surface area contributed by atoms with E-state index in [4.69, 9.17) is 4.74 Å². The summed E-state index contributed by atoms with van der Waals surface area (Å²) in [6, 6.07) is 0. The maximum absolute atomic E-state index is 11.6. The molecule has 1 fully saturated rings. The molecule has 1 amide bonds. The van der Waals surface area contributed by atoms with E-state index in [1.54, 1.807) is 21.0 Å². The van der Waals surface area contributed by atoms with Crippen molar-refractivity contribution >= 4 is 5.91 Å². The number of carbonyl (C=O) groups is 1. The highest BCUT2D eigenvalue weighted by Crippen LogP contribution is 2.39. The summed E-state index contributed by atoms with van der Waals surface area (Å²) in [5, 5.41) is 2.95.